The van der Waals surface area contributed by atoms with E-state index in [0.717, 1.165) is 10.9 Å². The Balaban J connectivity index is 1.63. The van der Waals surface area contributed by atoms with E-state index < -0.39 is 12.1 Å². The van der Waals surface area contributed by atoms with Crippen molar-refractivity contribution in [2.45, 2.75) is 26.9 Å². The molecule has 28 heavy (non-hydrogen) atoms. The van der Waals surface area contributed by atoms with E-state index in [9.17, 15) is 4.79 Å². The Kier molecular flexibility index (Phi) is 6.11. The highest BCUT2D eigenvalue weighted by molar-refractivity contribution is 6.31. The molecule has 0 aliphatic carbocycles. The van der Waals surface area contributed by atoms with Crippen molar-refractivity contribution in [2.75, 3.05) is 0 Å². The SMILES string of the molecule is CC(C)=NOC(=O)C(C)Oc1ccc(Oc2ccc3cc(Cl)ccc3n2)cc1. The van der Waals surface area contributed by atoms with Gasteiger partial charge in [-0.25, -0.2) is 9.78 Å². The summed E-state index contributed by atoms with van der Waals surface area (Å²) in [6.07, 6.45) is -0.788. The van der Waals surface area contributed by atoms with E-state index >= 15 is 0 Å². The molecule has 0 aliphatic rings. The molecule has 0 aliphatic heterocycles. The predicted molar refractivity (Wildman–Crippen MR) is 108 cm³/mol. The molecule has 2 aromatic carbocycles. The minimum atomic E-state index is -0.788. The van der Waals surface area contributed by atoms with Gasteiger partial charge in [-0.1, -0.05) is 16.8 Å². The lowest BCUT2D eigenvalue weighted by Gasteiger charge is -2.12. The lowest BCUT2D eigenvalue weighted by molar-refractivity contribution is -0.151. The lowest BCUT2D eigenvalue weighted by Crippen LogP contribution is -2.24. The fourth-order valence-corrected chi connectivity index (χ4v) is 2.48. The summed E-state index contributed by atoms with van der Waals surface area (Å²) >= 11 is 5.98. The van der Waals surface area contributed by atoms with Crippen LogP contribution in [0.25, 0.3) is 10.9 Å². The molecule has 1 atom stereocenters. The van der Waals surface area contributed by atoms with E-state index in [1.54, 1.807) is 57.2 Å². The van der Waals surface area contributed by atoms with Gasteiger partial charge in [0.25, 0.3) is 0 Å². The van der Waals surface area contributed by atoms with Gasteiger partial charge in [0.15, 0.2) is 6.10 Å². The molecule has 0 fully saturated rings. The number of carbonyl (C=O) groups excluding carboxylic acids is 1. The monoisotopic (exact) mass is 398 g/mol. The van der Waals surface area contributed by atoms with Crippen LogP contribution in [0.2, 0.25) is 5.02 Å². The van der Waals surface area contributed by atoms with Crippen LogP contribution in [0, 0.1) is 0 Å². The van der Waals surface area contributed by atoms with Crippen molar-refractivity contribution in [1.29, 1.82) is 0 Å². The van der Waals surface area contributed by atoms with Crippen LogP contribution in [0.4, 0.5) is 0 Å². The molecule has 7 heteroatoms. The predicted octanol–water partition coefficient (Wildman–Crippen LogP) is 5.39. The minimum absolute atomic E-state index is 0.466. The number of oxime groups is 1. The van der Waals surface area contributed by atoms with Gasteiger partial charge in [-0.05, 0) is 69.3 Å². The van der Waals surface area contributed by atoms with Crippen molar-refractivity contribution >= 4 is 34.2 Å². The number of fused-ring (bicyclic) bond motifs is 1. The number of nitrogens with zero attached hydrogens (tertiary/aromatic N) is 2. The van der Waals surface area contributed by atoms with Crippen molar-refractivity contribution in [2.24, 2.45) is 5.16 Å². The van der Waals surface area contributed by atoms with Crippen LogP contribution >= 0.6 is 11.6 Å². The smallest absolute Gasteiger partial charge is 0.374 e. The Bertz CT molecular complexity index is 1010. The average Bonchev–Trinajstić information content (AvgIpc) is 2.67. The van der Waals surface area contributed by atoms with Gasteiger partial charge in [0.1, 0.15) is 11.5 Å². The lowest BCUT2D eigenvalue weighted by atomic mass is 10.2. The van der Waals surface area contributed by atoms with Gasteiger partial charge in [0.05, 0.1) is 11.2 Å². The molecule has 0 bridgehead atoms. The van der Waals surface area contributed by atoms with Gasteiger partial charge in [0.2, 0.25) is 5.88 Å². The van der Waals surface area contributed by atoms with Crippen LogP contribution < -0.4 is 9.47 Å². The molecule has 0 saturated carbocycles. The molecule has 1 heterocycles. The third-order valence-corrected chi connectivity index (χ3v) is 3.87. The maximum absolute atomic E-state index is 11.8. The van der Waals surface area contributed by atoms with Gasteiger partial charge >= 0.3 is 5.97 Å². The van der Waals surface area contributed by atoms with Gasteiger partial charge in [-0.3, -0.25) is 0 Å². The molecule has 0 saturated heterocycles. The van der Waals surface area contributed by atoms with Crippen molar-refractivity contribution in [3.8, 4) is 17.4 Å². The van der Waals surface area contributed by atoms with Crippen molar-refractivity contribution < 1.29 is 19.1 Å². The summed E-state index contributed by atoms with van der Waals surface area (Å²) in [7, 11) is 0. The number of aromatic nitrogens is 1. The van der Waals surface area contributed by atoms with Crippen LogP contribution in [0.1, 0.15) is 20.8 Å². The van der Waals surface area contributed by atoms with Crippen LogP contribution in [-0.2, 0) is 9.63 Å². The summed E-state index contributed by atoms with van der Waals surface area (Å²) < 4.78 is 11.3. The molecule has 6 nitrogen and oxygen atoms in total. The summed E-state index contributed by atoms with van der Waals surface area (Å²) in [5, 5.41) is 5.22. The summed E-state index contributed by atoms with van der Waals surface area (Å²) in [5.41, 5.74) is 1.44. The first-order chi connectivity index (χ1) is 13.4. The number of hydrogen-bond acceptors (Lipinski definition) is 6. The van der Waals surface area contributed by atoms with Crippen LogP contribution in [0.15, 0.2) is 59.8 Å². The Morgan fingerprint density at radius 2 is 1.75 bits per heavy atom. The molecule has 0 amide bonds. The van der Waals surface area contributed by atoms with Gasteiger partial charge in [0, 0.05) is 16.5 Å². The van der Waals surface area contributed by atoms with Crippen molar-refractivity contribution in [1.82, 2.24) is 4.98 Å². The second-order valence-corrected chi connectivity index (χ2v) is 6.71. The zero-order valence-corrected chi connectivity index (χ0v) is 16.4. The van der Waals surface area contributed by atoms with E-state index in [4.69, 9.17) is 25.9 Å². The zero-order chi connectivity index (χ0) is 20.1. The molecule has 1 unspecified atom stereocenters. The maximum atomic E-state index is 11.8. The highest BCUT2D eigenvalue weighted by Crippen LogP contribution is 2.26. The highest BCUT2D eigenvalue weighted by Gasteiger charge is 2.17. The Morgan fingerprint density at radius 1 is 1.04 bits per heavy atom. The van der Waals surface area contributed by atoms with Gasteiger partial charge in [-0.2, -0.15) is 0 Å². The summed E-state index contributed by atoms with van der Waals surface area (Å²) in [4.78, 5) is 21.0. The third kappa shape index (κ3) is 5.20. The third-order valence-electron chi connectivity index (χ3n) is 3.63. The Labute approximate surface area is 167 Å². The number of benzene rings is 2. The standard InChI is InChI=1S/C21H19ClN2O4/c1-13(2)24-28-21(25)14(3)26-17-6-8-18(9-7-17)27-20-11-4-15-12-16(22)5-10-19(15)23-20/h4-12,14H,1-3H3. The number of carbonyl (C=O) groups is 1. The summed E-state index contributed by atoms with van der Waals surface area (Å²) in [5.74, 6) is 1.000. The largest absolute Gasteiger partial charge is 0.479 e. The van der Waals surface area contributed by atoms with E-state index in [2.05, 4.69) is 10.1 Å². The molecular weight excluding hydrogens is 380 g/mol. The molecule has 0 spiro atoms. The van der Waals surface area contributed by atoms with E-state index in [0.29, 0.717) is 28.1 Å². The quantitative estimate of drug-likeness (QED) is 0.316. The van der Waals surface area contributed by atoms with Crippen LogP contribution in [0.5, 0.6) is 17.4 Å². The van der Waals surface area contributed by atoms with Crippen molar-refractivity contribution in [3.63, 3.8) is 0 Å². The fourth-order valence-electron chi connectivity index (χ4n) is 2.30. The average molecular weight is 399 g/mol. The number of halogens is 1. The topological polar surface area (TPSA) is 70.0 Å². The molecule has 0 N–H and O–H groups in total. The number of pyridine rings is 1. The van der Waals surface area contributed by atoms with Gasteiger partial charge in [-0.15, -0.1) is 0 Å². The highest BCUT2D eigenvalue weighted by atomic mass is 35.5. The van der Waals surface area contributed by atoms with Crippen LogP contribution in [-0.4, -0.2) is 22.8 Å². The summed E-state index contributed by atoms with van der Waals surface area (Å²) in [6, 6.07) is 16.0. The number of ether oxygens (including phenoxy) is 2. The van der Waals surface area contributed by atoms with Crippen LogP contribution in [0.3, 0.4) is 0 Å². The first-order valence-electron chi connectivity index (χ1n) is 8.63. The number of hydrogen-bond donors (Lipinski definition) is 0. The number of rotatable bonds is 6. The summed E-state index contributed by atoms with van der Waals surface area (Å²) in [6.45, 7) is 5.06. The molecular formula is C21H19ClN2O4. The maximum Gasteiger partial charge on any atom is 0.374 e. The first kappa shape index (κ1) is 19.6. The molecule has 144 valence electrons. The molecule has 3 aromatic rings. The minimum Gasteiger partial charge on any atom is -0.479 e. The van der Waals surface area contributed by atoms with E-state index in [-0.39, 0.29) is 0 Å². The Morgan fingerprint density at radius 3 is 2.46 bits per heavy atom. The second kappa shape index (κ2) is 8.71. The molecule has 1 aromatic heterocycles. The first-order valence-corrected chi connectivity index (χ1v) is 9.01. The second-order valence-electron chi connectivity index (χ2n) is 6.27. The van der Waals surface area contributed by atoms with Crippen molar-refractivity contribution in [3.05, 3.63) is 59.6 Å². The van der Waals surface area contributed by atoms with E-state index in [1.807, 2.05) is 18.2 Å². The fraction of sp³-hybridized carbons (Fsp3) is 0.190. The van der Waals surface area contributed by atoms with Gasteiger partial charge < -0.3 is 14.3 Å². The normalized spacial score (nSPS) is 11.6. The zero-order valence-electron chi connectivity index (χ0n) is 15.7. The molecule has 0 radical (unpaired) electrons. The Hall–Kier alpha value is -3.12. The van der Waals surface area contributed by atoms with E-state index in [1.165, 1.54) is 0 Å². The molecule has 3 rings (SSSR count).